The van der Waals surface area contributed by atoms with Gasteiger partial charge in [-0.3, -0.25) is 4.79 Å². The SMILES string of the molecule is CNc1ccc2[nH]c(-c3cc(O)cc(F)c3)cc(=O)c2c1. The largest absolute Gasteiger partial charge is 0.508 e. The van der Waals surface area contributed by atoms with Crippen LogP contribution in [-0.2, 0) is 0 Å². The van der Waals surface area contributed by atoms with E-state index in [1.807, 2.05) is 6.07 Å². The first-order valence-electron chi connectivity index (χ1n) is 6.41. The number of aromatic hydroxyl groups is 1. The molecule has 0 bridgehead atoms. The molecule has 0 aliphatic heterocycles. The molecule has 0 fully saturated rings. The molecule has 0 saturated carbocycles. The van der Waals surface area contributed by atoms with Gasteiger partial charge in [0.2, 0.25) is 0 Å². The molecule has 5 heteroatoms. The predicted molar refractivity (Wildman–Crippen MR) is 81.2 cm³/mol. The van der Waals surface area contributed by atoms with E-state index >= 15 is 0 Å². The van der Waals surface area contributed by atoms with Gasteiger partial charge in [0, 0.05) is 47.0 Å². The summed E-state index contributed by atoms with van der Waals surface area (Å²) in [6, 6.07) is 10.5. The number of anilines is 1. The Hall–Kier alpha value is -2.82. The predicted octanol–water partition coefficient (Wildman–Crippen LogP) is 3.08. The number of hydrogen-bond donors (Lipinski definition) is 3. The minimum absolute atomic E-state index is 0.167. The monoisotopic (exact) mass is 284 g/mol. The van der Waals surface area contributed by atoms with E-state index in [1.54, 1.807) is 19.2 Å². The van der Waals surface area contributed by atoms with E-state index in [1.165, 1.54) is 18.2 Å². The number of nitrogens with one attached hydrogen (secondary N) is 2. The highest BCUT2D eigenvalue weighted by Crippen LogP contribution is 2.24. The molecule has 0 saturated heterocycles. The van der Waals surface area contributed by atoms with Crippen molar-refractivity contribution in [2.75, 3.05) is 12.4 Å². The molecule has 106 valence electrons. The molecule has 0 radical (unpaired) electrons. The molecule has 0 unspecified atom stereocenters. The fourth-order valence-electron chi connectivity index (χ4n) is 2.29. The van der Waals surface area contributed by atoms with Crippen LogP contribution >= 0.6 is 0 Å². The molecule has 21 heavy (non-hydrogen) atoms. The normalized spacial score (nSPS) is 10.8. The molecule has 2 aromatic carbocycles. The number of hydrogen-bond acceptors (Lipinski definition) is 3. The molecular weight excluding hydrogens is 271 g/mol. The van der Waals surface area contributed by atoms with Crippen molar-refractivity contribution in [3.8, 4) is 17.0 Å². The van der Waals surface area contributed by atoms with Gasteiger partial charge in [-0.1, -0.05) is 0 Å². The van der Waals surface area contributed by atoms with E-state index in [0.717, 1.165) is 11.8 Å². The molecule has 4 nitrogen and oxygen atoms in total. The first-order valence-corrected chi connectivity index (χ1v) is 6.41. The lowest BCUT2D eigenvalue weighted by molar-refractivity contribution is 0.469. The van der Waals surface area contributed by atoms with Crippen LogP contribution in [0.15, 0.2) is 47.3 Å². The lowest BCUT2D eigenvalue weighted by atomic mass is 10.1. The van der Waals surface area contributed by atoms with Crippen molar-refractivity contribution >= 4 is 16.6 Å². The van der Waals surface area contributed by atoms with Gasteiger partial charge in [-0.2, -0.15) is 0 Å². The minimum Gasteiger partial charge on any atom is -0.508 e. The lowest BCUT2D eigenvalue weighted by Gasteiger charge is -2.07. The third-order valence-corrected chi connectivity index (χ3v) is 3.31. The number of aromatic amines is 1. The molecular formula is C16H13FN2O2. The highest BCUT2D eigenvalue weighted by atomic mass is 19.1. The number of benzene rings is 2. The van der Waals surface area contributed by atoms with Crippen LogP contribution < -0.4 is 10.7 Å². The molecule has 0 aliphatic carbocycles. The summed E-state index contributed by atoms with van der Waals surface area (Å²) in [5, 5.41) is 13.0. The second kappa shape index (κ2) is 4.94. The van der Waals surface area contributed by atoms with Crippen molar-refractivity contribution in [2.24, 2.45) is 0 Å². The van der Waals surface area contributed by atoms with Gasteiger partial charge < -0.3 is 15.4 Å². The van der Waals surface area contributed by atoms with Crippen molar-refractivity contribution in [1.82, 2.24) is 4.98 Å². The molecule has 0 atom stereocenters. The minimum atomic E-state index is -0.559. The van der Waals surface area contributed by atoms with Crippen molar-refractivity contribution in [3.63, 3.8) is 0 Å². The van der Waals surface area contributed by atoms with E-state index < -0.39 is 5.82 Å². The lowest BCUT2D eigenvalue weighted by Crippen LogP contribution is -2.03. The summed E-state index contributed by atoms with van der Waals surface area (Å²) < 4.78 is 13.4. The van der Waals surface area contributed by atoms with Crippen LogP contribution in [0.2, 0.25) is 0 Å². The van der Waals surface area contributed by atoms with Gasteiger partial charge in [0.05, 0.1) is 0 Å². The molecule has 3 rings (SSSR count). The Bertz CT molecular complexity index is 867. The summed E-state index contributed by atoms with van der Waals surface area (Å²) >= 11 is 0. The summed E-state index contributed by atoms with van der Waals surface area (Å²) in [6.45, 7) is 0. The average molecular weight is 284 g/mol. The number of fused-ring (bicyclic) bond motifs is 1. The van der Waals surface area contributed by atoms with E-state index in [0.29, 0.717) is 22.2 Å². The zero-order valence-corrected chi connectivity index (χ0v) is 11.3. The van der Waals surface area contributed by atoms with E-state index in [2.05, 4.69) is 10.3 Å². The van der Waals surface area contributed by atoms with Crippen LogP contribution in [0, 0.1) is 5.82 Å². The van der Waals surface area contributed by atoms with Crippen LogP contribution in [0.3, 0.4) is 0 Å². The summed E-state index contributed by atoms with van der Waals surface area (Å²) in [4.78, 5) is 15.3. The standard InChI is InChI=1S/C16H13FN2O2/c1-18-11-2-3-14-13(7-11)16(21)8-15(19-14)9-4-10(17)6-12(20)5-9/h2-8,18,20H,1H3,(H,19,21). The average Bonchev–Trinajstić information content (AvgIpc) is 2.46. The Morgan fingerprint density at radius 3 is 2.67 bits per heavy atom. The Morgan fingerprint density at radius 2 is 1.95 bits per heavy atom. The molecule has 0 aliphatic rings. The zero-order valence-electron chi connectivity index (χ0n) is 11.3. The van der Waals surface area contributed by atoms with Crippen LogP contribution in [0.4, 0.5) is 10.1 Å². The summed E-state index contributed by atoms with van der Waals surface area (Å²) in [6.07, 6.45) is 0. The fraction of sp³-hybridized carbons (Fsp3) is 0.0625. The number of H-pyrrole nitrogens is 1. The van der Waals surface area contributed by atoms with Gasteiger partial charge in [0.15, 0.2) is 5.43 Å². The second-order valence-electron chi connectivity index (χ2n) is 4.76. The Labute approximate surface area is 119 Å². The highest BCUT2D eigenvalue weighted by Gasteiger charge is 2.07. The van der Waals surface area contributed by atoms with E-state index in [9.17, 15) is 14.3 Å². The number of aromatic nitrogens is 1. The van der Waals surface area contributed by atoms with Crippen molar-refractivity contribution in [1.29, 1.82) is 0 Å². The maximum absolute atomic E-state index is 13.4. The Kier molecular flexibility index (Phi) is 3.10. The molecule has 1 heterocycles. The Morgan fingerprint density at radius 1 is 1.14 bits per heavy atom. The first-order chi connectivity index (χ1) is 10.1. The van der Waals surface area contributed by atoms with Crippen molar-refractivity contribution in [2.45, 2.75) is 0 Å². The van der Waals surface area contributed by atoms with Crippen molar-refractivity contribution < 1.29 is 9.50 Å². The molecule has 3 aromatic rings. The third-order valence-electron chi connectivity index (χ3n) is 3.31. The quantitative estimate of drug-likeness (QED) is 0.677. The van der Waals surface area contributed by atoms with Gasteiger partial charge in [-0.25, -0.2) is 4.39 Å². The maximum atomic E-state index is 13.4. The molecule has 0 amide bonds. The van der Waals surface area contributed by atoms with Gasteiger partial charge >= 0.3 is 0 Å². The zero-order chi connectivity index (χ0) is 15.0. The Balaban J connectivity index is 2.23. The maximum Gasteiger partial charge on any atom is 0.190 e. The number of rotatable bonds is 2. The summed E-state index contributed by atoms with van der Waals surface area (Å²) in [5.41, 5.74) is 2.20. The first kappa shape index (κ1) is 13.2. The number of phenols is 1. The summed E-state index contributed by atoms with van der Waals surface area (Å²) in [7, 11) is 1.78. The number of phenolic OH excluding ortho intramolecular Hbond substituents is 1. The van der Waals surface area contributed by atoms with E-state index in [4.69, 9.17) is 0 Å². The molecule has 3 N–H and O–H groups in total. The van der Waals surface area contributed by atoms with Gasteiger partial charge in [0.25, 0.3) is 0 Å². The van der Waals surface area contributed by atoms with Gasteiger partial charge in [-0.05, 0) is 30.3 Å². The van der Waals surface area contributed by atoms with Gasteiger partial charge in [-0.15, -0.1) is 0 Å². The van der Waals surface area contributed by atoms with Crippen molar-refractivity contribution in [3.05, 3.63) is 58.5 Å². The fourth-order valence-corrected chi connectivity index (χ4v) is 2.29. The highest BCUT2D eigenvalue weighted by molar-refractivity contribution is 5.84. The smallest absolute Gasteiger partial charge is 0.190 e. The molecule has 1 aromatic heterocycles. The number of pyridine rings is 1. The van der Waals surface area contributed by atoms with Crippen LogP contribution in [-0.4, -0.2) is 17.1 Å². The van der Waals surface area contributed by atoms with Crippen LogP contribution in [0.1, 0.15) is 0 Å². The van der Waals surface area contributed by atoms with Crippen LogP contribution in [0.5, 0.6) is 5.75 Å². The second-order valence-corrected chi connectivity index (χ2v) is 4.76. The number of halogens is 1. The summed E-state index contributed by atoms with van der Waals surface area (Å²) in [5.74, 6) is -0.743. The van der Waals surface area contributed by atoms with Crippen LogP contribution in [0.25, 0.3) is 22.2 Å². The van der Waals surface area contributed by atoms with E-state index in [-0.39, 0.29) is 11.2 Å². The molecule has 0 spiro atoms. The topological polar surface area (TPSA) is 65.1 Å². The van der Waals surface area contributed by atoms with Gasteiger partial charge in [0.1, 0.15) is 11.6 Å². The third kappa shape index (κ3) is 2.45.